The molecular weight excluding hydrogens is 138 g/mol. The number of hydrogen-bond donors (Lipinski definition) is 1. The molecule has 66 valence electrons. The molecule has 2 nitrogen and oxygen atoms in total. The average Bonchev–Trinajstić information content (AvgIpc) is 2.01. The lowest BCUT2D eigenvalue weighted by molar-refractivity contribution is 0.0591. The van der Waals surface area contributed by atoms with Crippen LogP contribution in [0.15, 0.2) is 4.99 Å². The quantitative estimate of drug-likeness (QED) is 0.623. The highest BCUT2D eigenvalue weighted by molar-refractivity contribution is 5.90. The van der Waals surface area contributed by atoms with E-state index in [2.05, 4.69) is 4.99 Å². The second-order valence-electron chi connectivity index (χ2n) is 3.24. The van der Waals surface area contributed by atoms with E-state index in [1.807, 2.05) is 27.7 Å². The van der Waals surface area contributed by atoms with Crippen molar-refractivity contribution in [1.82, 2.24) is 0 Å². The van der Waals surface area contributed by atoms with Crippen LogP contribution in [0.4, 0.5) is 0 Å². The molecule has 0 rings (SSSR count). The number of nitrogens with zero attached hydrogens (tertiary/aromatic N) is 1. The Labute approximate surface area is 69.3 Å². The Morgan fingerprint density at radius 3 is 2.09 bits per heavy atom. The van der Waals surface area contributed by atoms with E-state index in [0.717, 1.165) is 12.1 Å². The van der Waals surface area contributed by atoms with Gasteiger partial charge in [-0.15, -0.1) is 0 Å². The zero-order valence-corrected chi connectivity index (χ0v) is 8.18. The van der Waals surface area contributed by atoms with Crippen LogP contribution in [0.2, 0.25) is 0 Å². The molecule has 0 aliphatic rings. The van der Waals surface area contributed by atoms with Crippen LogP contribution in [0.25, 0.3) is 0 Å². The number of rotatable bonds is 3. The van der Waals surface area contributed by atoms with Gasteiger partial charge in [-0.05, 0) is 19.3 Å². The molecule has 0 amide bonds. The Hall–Kier alpha value is -0.370. The maximum Gasteiger partial charge on any atom is 0.104 e. The van der Waals surface area contributed by atoms with E-state index in [-0.39, 0.29) is 5.92 Å². The summed E-state index contributed by atoms with van der Waals surface area (Å²) in [6.45, 7) is 7.88. The Balaban J connectivity index is 4.60. The van der Waals surface area contributed by atoms with Crippen molar-refractivity contribution in [2.75, 3.05) is 7.05 Å². The van der Waals surface area contributed by atoms with Gasteiger partial charge in [-0.1, -0.05) is 20.8 Å². The predicted molar refractivity (Wildman–Crippen MR) is 49.1 cm³/mol. The SMILES string of the molecule is CCC(O)(C(C)=NC)C(C)C. The van der Waals surface area contributed by atoms with Crippen LogP contribution in [0.5, 0.6) is 0 Å². The highest BCUT2D eigenvalue weighted by atomic mass is 16.3. The van der Waals surface area contributed by atoms with Crippen molar-refractivity contribution in [2.24, 2.45) is 10.9 Å². The van der Waals surface area contributed by atoms with Crippen molar-refractivity contribution in [3.05, 3.63) is 0 Å². The van der Waals surface area contributed by atoms with Gasteiger partial charge in [0, 0.05) is 12.8 Å². The Morgan fingerprint density at radius 1 is 1.55 bits per heavy atom. The van der Waals surface area contributed by atoms with Gasteiger partial charge in [0.25, 0.3) is 0 Å². The second kappa shape index (κ2) is 3.86. The number of hydrogen-bond acceptors (Lipinski definition) is 2. The second-order valence-corrected chi connectivity index (χ2v) is 3.24. The first kappa shape index (κ1) is 10.6. The Morgan fingerprint density at radius 2 is 2.00 bits per heavy atom. The van der Waals surface area contributed by atoms with E-state index in [0.29, 0.717) is 0 Å². The molecular formula is C9H19NO. The fraction of sp³-hybridized carbons (Fsp3) is 0.889. The van der Waals surface area contributed by atoms with Crippen LogP contribution in [0.1, 0.15) is 34.1 Å². The summed E-state index contributed by atoms with van der Waals surface area (Å²) in [7, 11) is 1.72. The molecule has 0 saturated carbocycles. The summed E-state index contributed by atoms with van der Waals surface area (Å²) in [5.74, 6) is 0.233. The molecule has 1 unspecified atom stereocenters. The molecule has 0 aromatic heterocycles. The van der Waals surface area contributed by atoms with E-state index in [9.17, 15) is 5.11 Å². The number of aliphatic imine (C=N–C) groups is 1. The molecule has 1 atom stereocenters. The molecule has 11 heavy (non-hydrogen) atoms. The highest BCUT2D eigenvalue weighted by Gasteiger charge is 2.31. The third kappa shape index (κ3) is 2.03. The van der Waals surface area contributed by atoms with Gasteiger partial charge in [-0.2, -0.15) is 0 Å². The summed E-state index contributed by atoms with van der Waals surface area (Å²) in [6.07, 6.45) is 0.730. The van der Waals surface area contributed by atoms with Crippen molar-refractivity contribution in [3.8, 4) is 0 Å². The minimum Gasteiger partial charge on any atom is -0.384 e. The van der Waals surface area contributed by atoms with E-state index in [1.165, 1.54) is 0 Å². The van der Waals surface area contributed by atoms with Crippen molar-refractivity contribution < 1.29 is 5.11 Å². The zero-order valence-electron chi connectivity index (χ0n) is 8.18. The minimum atomic E-state index is -0.700. The third-order valence-corrected chi connectivity index (χ3v) is 2.46. The van der Waals surface area contributed by atoms with Crippen LogP contribution in [-0.4, -0.2) is 23.5 Å². The van der Waals surface area contributed by atoms with Gasteiger partial charge in [-0.3, -0.25) is 4.99 Å². The fourth-order valence-corrected chi connectivity index (χ4v) is 1.28. The van der Waals surface area contributed by atoms with E-state index >= 15 is 0 Å². The molecule has 1 N–H and O–H groups in total. The zero-order chi connectivity index (χ0) is 9.07. The van der Waals surface area contributed by atoms with Gasteiger partial charge in [0.15, 0.2) is 0 Å². The molecule has 0 bridgehead atoms. The molecule has 2 heteroatoms. The molecule has 0 aromatic rings. The predicted octanol–water partition coefficient (Wildman–Crippen LogP) is 1.87. The standard InChI is InChI=1S/C9H19NO/c1-6-9(11,7(2)3)8(4)10-5/h7,11H,6H2,1-5H3. The van der Waals surface area contributed by atoms with Crippen LogP contribution < -0.4 is 0 Å². The topological polar surface area (TPSA) is 32.6 Å². The maximum atomic E-state index is 10.0. The van der Waals surface area contributed by atoms with Gasteiger partial charge >= 0.3 is 0 Å². The minimum absolute atomic E-state index is 0.233. The average molecular weight is 157 g/mol. The van der Waals surface area contributed by atoms with Crippen molar-refractivity contribution >= 4 is 5.71 Å². The Bertz CT molecular complexity index is 152. The normalized spacial score (nSPS) is 18.6. The van der Waals surface area contributed by atoms with E-state index in [1.54, 1.807) is 7.05 Å². The van der Waals surface area contributed by atoms with E-state index < -0.39 is 5.60 Å². The summed E-state index contributed by atoms with van der Waals surface area (Å²) >= 11 is 0. The van der Waals surface area contributed by atoms with Crippen LogP contribution in [-0.2, 0) is 0 Å². The molecule has 0 heterocycles. The van der Waals surface area contributed by atoms with Crippen LogP contribution >= 0.6 is 0 Å². The number of aliphatic hydroxyl groups is 1. The molecule has 0 aromatic carbocycles. The van der Waals surface area contributed by atoms with Gasteiger partial charge in [0.05, 0.1) is 0 Å². The first-order chi connectivity index (χ1) is 4.99. The van der Waals surface area contributed by atoms with Gasteiger partial charge in [0.1, 0.15) is 5.60 Å². The lowest BCUT2D eigenvalue weighted by Gasteiger charge is -2.30. The van der Waals surface area contributed by atoms with Crippen molar-refractivity contribution in [3.63, 3.8) is 0 Å². The van der Waals surface area contributed by atoms with Gasteiger partial charge in [-0.25, -0.2) is 0 Å². The third-order valence-electron chi connectivity index (χ3n) is 2.46. The van der Waals surface area contributed by atoms with Crippen molar-refractivity contribution in [2.45, 2.75) is 39.7 Å². The molecule has 0 fully saturated rings. The largest absolute Gasteiger partial charge is 0.384 e. The summed E-state index contributed by atoms with van der Waals surface area (Å²) in [5.41, 5.74) is 0.129. The molecule has 0 aliphatic heterocycles. The molecule has 0 saturated heterocycles. The highest BCUT2D eigenvalue weighted by Crippen LogP contribution is 2.22. The Kier molecular flexibility index (Phi) is 3.73. The van der Waals surface area contributed by atoms with Gasteiger partial charge in [0.2, 0.25) is 0 Å². The van der Waals surface area contributed by atoms with Gasteiger partial charge < -0.3 is 5.11 Å². The summed E-state index contributed by atoms with van der Waals surface area (Å²) < 4.78 is 0. The summed E-state index contributed by atoms with van der Waals surface area (Å²) in [4.78, 5) is 4.02. The maximum absolute atomic E-state index is 10.0. The first-order valence-electron chi connectivity index (χ1n) is 4.15. The lowest BCUT2D eigenvalue weighted by Crippen LogP contribution is -2.41. The summed E-state index contributed by atoms with van der Waals surface area (Å²) in [6, 6.07) is 0. The molecule has 0 spiro atoms. The first-order valence-corrected chi connectivity index (χ1v) is 4.15. The smallest absolute Gasteiger partial charge is 0.104 e. The molecule has 0 radical (unpaired) electrons. The van der Waals surface area contributed by atoms with Crippen LogP contribution in [0.3, 0.4) is 0 Å². The van der Waals surface area contributed by atoms with Crippen LogP contribution in [0, 0.1) is 5.92 Å². The van der Waals surface area contributed by atoms with E-state index in [4.69, 9.17) is 0 Å². The lowest BCUT2D eigenvalue weighted by atomic mass is 9.84. The molecule has 0 aliphatic carbocycles. The monoisotopic (exact) mass is 157 g/mol. The fourth-order valence-electron chi connectivity index (χ4n) is 1.28. The summed E-state index contributed by atoms with van der Waals surface area (Å²) in [5, 5.41) is 10.0. The van der Waals surface area contributed by atoms with Crippen molar-refractivity contribution in [1.29, 1.82) is 0 Å².